The quantitative estimate of drug-likeness (QED) is 0.442. The first-order valence-electron chi connectivity index (χ1n) is 4.61. The van der Waals surface area contributed by atoms with E-state index in [0.717, 1.165) is 6.07 Å². The average Bonchev–Trinajstić information content (AvgIpc) is 2.53. The van der Waals surface area contributed by atoms with Crippen LogP contribution in [0.1, 0.15) is 42.2 Å². The van der Waals surface area contributed by atoms with Crippen LogP contribution in [0.5, 0.6) is 0 Å². The summed E-state index contributed by atoms with van der Waals surface area (Å²) in [4.78, 5) is 33.7. The van der Waals surface area contributed by atoms with Gasteiger partial charge in [-0.15, -0.1) is 6.42 Å². The minimum atomic E-state index is -1.21. The summed E-state index contributed by atoms with van der Waals surface area (Å²) in [5, 5.41) is 8.96. The molecule has 17 heavy (non-hydrogen) atoms. The van der Waals surface area contributed by atoms with Crippen molar-refractivity contribution in [2.24, 2.45) is 0 Å². The van der Waals surface area contributed by atoms with E-state index < -0.39 is 17.9 Å². The highest BCUT2D eigenvalue weighted by atomic mass is 16.6. The Bertz CT molecular complexity index is 619. The largest absolute Gasteiger partial charge is 0.478 e. The van der Waals surface area contributed by atoms with E-state index in [0.29, 0.717) is 0 Å². The molecule has 0 saturated heterocycles. The Hall–Kier alpha value is -2.61. The molecular weight excluding hydrogens is 224 g/mol. The van der Waals surface area contributed by atoms with Crippen LogP contribution in [0.4, 0.5) is 0 Å². The van der Waals surface area contributed by atoms with Crippen molar-refractivity contribution in [1.29, 1.82) is 0 Å². The molecule has 0 aliphatic carbocycles. The van der Waals surface area contributed by atoms with Crippen LogP contribution in [0.3, 0.4) is 0 Å². The molecule has 0 spiro atoms. The summed E-state index contributed by atoms with van der Waals surface area (Å²) < 4.78 is 4.40. The number of hydrogen-bond acceptors (Lipinski definition) is 4. The number of fused-ring (bicyclic) bond motifs is 1. The third-order valence-electron chi connectivity index (χ3n) is 2.57. The molecule has 1 aromatic rings. The van der Waals surface area contributed by atoms with Gasteiger partial charge in [0.2, 0.25) is 0 Å². The minimum absolute atomic E-state index is 0.0278. The maximum atomic E-state index is 11.4. The van der Waals surface area contributed by atoms with Crippen LogP contribution in [-0.4, -0.2) is 23.0 Å². The number of rotatable bonds is 1. The first-order valence-corrected chi connectivity index (χ1v) is 4.61. The average molecular weight is 230 g/mol. The Morgan fingerprint density at radius 3 is 2.59 bits per heavy atom. The van der Waals surface area contributed by atoms with Crippen molar-refractivity contribution in [3.8, 4) is 12.3 Å². The molecule has 2 rings (SSSR count). The fraction of sp³-hybridized carbons (Fsp3) is 0.0833. The molecule has 1 aliphatic rings. The summed E-state index contributed by atoms with van der Waals surface area (Å²) in [6.07, 6.45) is 5.24. The second kappa shape index (κ2) is 3.46. The smallest absolute Gasteiger partial charge is 0.348 e. The molecular formula is C12H6O5. The molecule has 84 valence electrons. The van der Waals surface area contributed by atoms with E-state index in [2.05, 4.69) is 10.7 Å². The minimum Gasteiger partial charge on any atom is -0.478 e. The van der Waals surface area contributed by atoms with Gasteiger partial charge in [0.05, 0.1) is 16.7 Å². The van der Waals surface area contributed by atoms with Crippen LogP contribution >= 0.6 is 0 Å². The molecule has 1 N–H and O–H groups in total. The van der Waals surface area contributed by atoms with Crippen LogP contribution in [0.15, 0.2) is 6.07 Å². The number of cyclic esters (lactones) is 2. The number of carboxylic acid groups (broad SMARTS) is 1. The Kier molecular flexibility index (Phi) is 2.21. The lowest BCUT2D eigenvalue weighted by atomic mass is 9.93. The summed E-state index contributed by atoms with van der Waals surface area (Å²) in [5.74, 6) is -0.695. The van der Waals surface area contributed by atoms with E-state index in [4.69, 9.17) is 11.5 Å². The Balaban J connectivity index is 2.89. The lowest BCUT2D eigenvalue weighted by molar-refractivity contribution is 0.0443. The number of benzene rings is 1. The summed E-state index contributed by atoms with van der Waals surface area (Å²) in [6, 6.07) is 1.11. The van der Waals surface area contributed by atoms with Gasteiger partial charge in [-0.2, -0.15) is 0 Å². The summed E-state index contributed by atoms with van der Waals surface area (Å²) >= 11 is 0. The molecule has 0 fully saturated rings. The molecule has 0 saturated carbocycles. The first kappa shape index (κ1) is 10.9. The van der Waals surface area contributed by atoms with Gasteiger partial charge in [-0.3, -0.25) is 0 Å². The van der Waals surface area contributed by atoms with Crippen LogP contribution in [0.25, 0.3) is 0 Å². The zero-order valence-electron chi connectivity index (χ0n) is 8.73. The van der Waals surface area contributed by atoms with Crippen molar-refractivity contribution in [2.45, 2.75) is 6.92 Å². The standard InChI is InChI=1S/C12H6O5/c1-3-6-5(2)7(10(13)14)4-8-9(6)12(16)17-11(8)15/h1,4H,2H3,(H,13,14). The Morgan fingerprint density at radius 1 is 1.41 bits per heavy atom. The van der Waals surface area contributed by atoms with Gasteiger partial charge in [-0.25, -0.2) is 14.4 Å². The second-order valence-corrected chi connectivity index (χ2v) is 3.47. The van der Waals surface area contributed by atoms with Gasteiger partial charge in [0.25, 0.3) is 0 Å². The summed E-state index contributed by atoms with van der Waals surface area (Å²) in [5.41, 5.74) is 0.135. The number of hydrogen-bond donors (Lipinski definition) is 1. The van der Waals surface area contributed by atoms with Crippen molar-refractivity contribution in [3.05, 3.63) is 33.9 Å². The summed E-state index contributed by atoms with van der Waals surface area (Å²) in [6.45, 7) is 1.48. The maximum absolute atomic E-state index is 11.4. The Labute approximate surface area is 96.0 Å². The third kappa shape index (κ3) is 1.39. The highest BCUT2D eigenvalue weighted by Crippen LogP contribution is 2.28. The lowest BCUT2D eigenvalue weighted by Crippen LogP contribution is -2.07. The van der Waals surface area contributed by atoms with Crippen LogP contribution in [0.2, 0.25) is 0 Å². The molecule has 0 atom stereocenters. The molecule has 5 heteroatoms. The molecule has 1 aliphatic heterocycles. The monoisotopic (exact) mass is 230 g/mol. The van der Waals surface area contributed by atoms with E-state index in [1.165, 1.54) is 6.92 Å². The predicted molar refractivity (Wildman–Crippen MR) is 55.8 cm³/mol. The van der Waals surface area contributed by atoms with Crippen molar-refractivity contribution >= 4 is 17.9 Å². The SMILES string of the molecule is C#Cc1c(C)c(C(=O)O)cc2c1C(=O)OC2=O. The van der Waals surface area contributed by atoms with Gasteiger partial charge in [0.15, 0.2) is 0 Å². The van der Waals surface area contributed by atoms with Crippen molar-refractivity contribution in [3.63, 3.8) is 0 Å². The van der Waals surface area contributed by atoms with Crippen molar-refractivity contribution in [2.75, 3.05) is 0 Å². The van der Waals surface area contributed by atoms with Crippen molar-refractivity contribution < 1.29 is 24.2 Å². The van der Waals surface area contributed by atoms with Crippen LogP contribution < -0.4 is 0 Å². The molecule has 1 heterocycles. The summed E-state index contributed by atoms with van der Waals surface area (Å²) in [7, 11) is 0. The maximum Gasteiger partial charge on any atom is 0.348 e. The molecule has 1 aromatic carbocycles. The zero-order chi connectivity index (χ0) is 12.7. The fourth-order valence-electron chi connectivity index (χ4n) is 1.75. The molecule has 0 amide bonds. The predicted octanol–water partition coefficient (Wildman–Crippen LogP) is 0.985. The topological polar surface area (TPSA) is 80.7 Å². The number of carbonyl (C=O) groups is 3. The number of aromatic carboxylic acids is 1. The molecule has 5 nitrogen and oxygen atoms in total. The van der Waals surface area contributed by atoms with Gasteiger partial charge >= 0.3 is 17.9 Å². The van der Waals surface area contributed by atoms with E-state index in [1.807, 2.05) is 0 Å². The first-order chi connectivity index (χ1) is 7.97. The number of terminal acetylenes is 1. The van der Waals surface area contributed by atoms with Gasteiger partial charge in [-0.1, -0.05) is 5.92 Å². The normalized spacial score (nSPS) is 12.9. The lowest BCUT2D eigenvalue weighted by Gasteiger charge is -2.06. The Morgan fingerprint density at radius 2 is 2.06 bits per heavy atom. The van der Waals surface area contributed by atoms with Gasteiger partial charge in [0.1, 0.15) is 0 Å². The fourth-order valence-corrected chi connectivity index (χ4v) is 1.75. The third-order valence-corrected chi connectivity index (χ3v) is 2.57. The molecule has 0 bridgehead atoms. The van der Waals surface area contributed by atoms with Crippen LogP contribution in [0, 0.1) is 19.3 Å². The number of carboxylic acids is 1. The second-order valence-electron chi connectivity index (χ2n) is 3.47. The van der Waals surface area contributed by atoms with Gasteiger partial charge in [0, 0.05) is 5.56 Å². The number of carbonyl (C=O) groups excluding carboxylic acids is 2. The van der Waals surface area contributed by atoms with Gasteiger partial charge < -0.3 is 9.84 Å². The molecule has 0 aromatic heterocycles. The number of ether oxygens (including phenoxy) is 1. The van der Waals surface area contributed by atoms with E-state index >= 15 is 0 Å². The van der Waals surface area contributed by atoms with Crippen LogP contribution in [-0.2, 0) is 4.74 Å². The molecule has 0 unspecified atom stereocenters. The molecule has 0 radical (unpaired) electrons. The van der Waals surface area contributed by atoms with E-state index in [9.17, 15) is 14.4 Å². The highest BCUT2D eigenvalue weighted by molar-refractivity contribution is 6.17. The number of esters is 2. The van der Waals surface area contributed by atoms with Gasteiger partial charge in [-0.05, 0) is 18.6 Å². The van der Waals surface area contributed by atoms with E-state index in [-0.39, 0.29) is 27.8 Å². The zero-order valence-corrected chi connectivity index (χ0v) is 8.73. The van der Waals surface area contributed by atoms with E-state index in [1.54, 1.807) is 0 Å². The highest BCUT2D eigenvalue weighted by Gasteiger charge is 2.34. The van der Waals surface area contributed by atoms with Crippen molar-refractivity contribution in [1.82, 2.24) is 0 Å².